The van der Waals surface area contributed by atoms with E-state index in [0.717, 1.165) is 12.8 Å². The third kappa shape index (κ3) is 3.48. The second-order valence-corrected chi connectivity index (χ2v) is 8.42. The van der Waals surface area contributed by atoms with Crippen LogP contribution in [0, 0.1) is 17.1 Å². The molecule has 3 aromatic rings. The molecular formula is C23H23FN8O2. The predicted octanol–water partition coefficient (Wildman–Crippen LogP) is 2.28. The first kappa shape index (κ1) is 21.6. The molecule has 1 saturated heterocycles. The van der Waals surface area contributed by atoms with Gasteiger partial charge in [0, 0.05) is 26.2 Å². The van der Waals surface area contributed by atoms with Gasteiger partial charge < -0.3 is 20.3 Å². The topological polar surface area (TPSA) is 126 Å². The minimum absolute atomic E-state index is 0.101. The molecular weight excluding hydrogens is 439 g/mol. The highest BCUT2D eigenvalue weighted by Gasteiger charge is 2.33. The SMILES string of the molecule is CN1CCOc2ccc(F)cc2[C@H]2CCCN2c2cc(nnc2N)-c2c(nn(C)c2C#N)C1=O. The van der Waals surface area contributed by atoms with Crippen LogP contribution in [0.4, 0.5) is 15.9 Å². The van der Waals surface area contributed by atoms with Gasteiger partial charge in [-0.15, -0.1) is 10.2 Å². The van der Waals surface area contributed by atoms with Gasteiger partial charge in [-0.3, -0.25) is 9.48 Å². The number of nitrogens with zero attached hydrogens (tertiary/aromatic N) is 7. The average molecular weight is 462 g/mol. The number of nitrogens with two attached hydrogens (primary N) is 1. The molecule has 10 nitrogen and oxygen atoms in total. The summed E-state index contributed by atoms with van der Waals surface area (Å²) < 4.78 is 21.7. The molecule has 4 heterocycles. The van der Waals surface area contributed by atoms with E-state index in [1.807, 2.05) is 0 Å². The van der Waals surface area contributed by atoms with Crippen molar-refractivity contribution in [2.45, 2.75) is 18.9 Å². The van der Waals surface area contributed by atoms with Gasteiger partial charge in [0.2, 0.25) is 0 Å². The van der Waals surface area contributed by atoms with E-state index in [1.165, 1.54) is 21.7 Å². The lowest BCUT2D eigenvalue weighted by atomic mass is 10.0. The fraction of sp³-hybridized carbons (Fsp3) is 0.348. The molecule has 0 unspecified atom stereocenters. The number of aryl methyl sites for hydroxylation is 1. The van der Waals surface area contributed by atoms with Gasteiger partial charge >= 0.3 is 0 Å². The highest BCUT2D eigenvalue weighted by Crippen LogP contribution is 2.43. The molecule has 2 bridgehead atoms. The summed E-state index contributed by atoms with van der Waals surface area (Å²) in [6.07, 6.45) is 1.64. The Hall–Kier alpha value is -4.20. The van der Waals surface area contributed by atoms with Crippen LogP contribution < -0.4 is 15.4 Å². The molecule has 11 heteroatoms. The van der Waals surface area contributed by atoms with E-state index in [-0.39, 0.29) is 48.1 Å². The number of aromatic nitrogens is 4. The first-order valence-electron chi connectivity index (χ1n) is 10.9. The van der Waals surface area contributed by atoms with Crippen molar-refractivity contribution in [2.24, 2.45) is 7.05 Å². The molecule has 34 heavy (non-hydrogen) atoms. The van der Waals surface area contributed by atoms with E-state index >= 15 is 0 Å². The monoisotopic (exact) mass is 462 g/mol. The number of nitrogen functional groups attached to an aromatic ring is 1. The van der Waals surface area contributed by atoms with Gasteiger partial charge in [-0.2, -0.15) is 10.4 Å². The lowest BCUT2D eigenvalue weighted by Gasteiger charge is -2.29. The molecule has 2 aromatic heterocycles. The number of carbonyl (C=O) groups excluding carboxylic acids is 1. The van der Waals surface area contributed by atoms with E-state index in [9.17, 15) is 14.4 Å². The fourth-order valence-electron chi connectivity index (χ4n) is 4.65. The Morgan fingerprint density at radius 1 is 1.24 bits per heavy atom. The van der Waals surface area contributed by atoms with Crippen LogP contribution in [0.3, 0.4) is 0 Å². The van der Waals surface area contributed by atoms with Crippen LogP contribution in [0.1, 0.15) is 40.6 Å². The number of nitriles is 1. The van der Waals surface area contributed by atoms with Gasteiger partial charge in [0.1, 0.15) is 35.6 Å². The molecule has 0 spiro atoms. The number of ether oxygens (including phenoxy) is 1. The summed E-state index contributed by atoms with van der Waals surface area (Å²) in [6, 6.07) is 8.11. The second-order valence-electron chi connectivity index (χ2n) is 8.42. The van der Waals surface area contributed by atoms with Gasteiger partial charge in [-0.05, 0) is 37.1 Å². The number of hydrogen-bond acceptors (Lipinski definition) is 8. The van der Waals surface area contributed by atoms with E-state index in [0.29, 0.717) is 34.8 Å². The maximum Gasteiger partial charge on any atom is 0.274 e. The smallest absolute Gasteiger partial charge is 0.274 e. The van der Waals surface area contributed by atoms with Crippen molar-refractivity contribution in [3.63, 3.8) is 0 Å². The maximum absolute atomic E-state index is 14.3. The summed E-state index contributed by atoms with van der Waals surface area (Å²) in [5.74, 6) is 0.0189. The number of benzene rings is 1. The van der Waals surface area contributed by atoms with Crippen molar-refractivity contribution in [1.29, 1.82) is 5.26 Å². The normalized spacial score (nSPS) is 17.8. The van der Waals surface area contributed by atoms with Gasteiger partial charge in [-0.1, -0.05) is 0 Å². The third-order valence-corrected chi connectivity index (χ3v) is 6.34. The average Bonchev–Trinajstić information content (AvgIpc) is 3.43. The molecule has 5 rings (SSSR count). The van der Waals surface area contributed by atoms with Crippen LogP contribution in [-0.4, -0.2) is 57.5 Å². The lowest BCUT2D eigenvalue weighted by Crippen LogP contribution is -2.32. The van der Waals surface area contributed by atoms with Crippen LogP contribution >= 0.6 is 0 Å². The number of amides is 1. The molecule has 2 N–H and O–H groups in total. The Kier molecular flexibility index (Phi) is 5.28. The van der Waals surface area contributed by atoms with E-state index in [4.69, 9.17) is 10.5 Å². The molecule has 1 aromatic carbocycles. The van der Waals surface area contributed by atoms with Crippen LogP contribution in [0.2, 0.25) is 0 Å². The Morgan fingerprint density at radius 3 is 2.85 bits per heavy atom. The largest absolute Gasteiger partial charge is 0.491 e. The second kappa shape index (κ2) is 8.30. The molecule has 2 aliphatic rings. The first-order chi connectivity index (χ1) is 16.4. The molecule has 2 aliphatic heterocycles. The Balaban J connectivity index is 1.74. The summed E-state index contributed by atoms with van der Waals surface area (Å²) >= 11 is 0. The minimum Gasteiger partial charge on any atom is -0.491 e. The number of halogens is 1. The highest BCUT2D eigenvalue weighted by atomic mass is 19.1. The Bertz CT molecular complexity index is 1330. The maximum atomic E-state index is 14.3. The molecule has 1 fully saturated rings. The van der Waals surface area contributed by atoms with Gasteiger partial charge in [0.15, 0.2) is 11.5 Å². The summed E-state index contributed by atoms with van der Waals surface area (Å²) in [7, 11) is 3.23. The summed E-state index contributed by atoms with van der Waals surface area (Å²) in [6.45, 7) is 1.14. The van der Waals surface area contributed by atoms with E-state index in [1.54, 1.807) is 26.2 Å². The van der Waals surface area contributed by atoms with E-state index < -0.39 is 0 Å². The van der Waals surface area contributed by atoms with Crippen molar-refractivity contribution in [3.8, 4) is 23.1 Å². The van der Waals surface area contributed by atoms with Gasteiger partial charge in [0.25, 0.3) is 5.91 Å². The standard InChI is InChI=1S/C23H23FN8O2/c1-30-8-9-34-19-6-5-13(24)10-14(19)16-4-3-7-32(16)17-11-15(27-28-22(17)26)20-18(12-25)31(2)29-21(20)23(30)33/h5-6,10-11,16H,3-4,7-9H2,1-2H3,(H2,26,28)/t16-/m1/s1. The molecule has 174 valence electrons. The number of carbonyl (C=O) groups is 1. The number of anilines is 2. The summed E-state index contributed by atoms with van der Waals surface area (Å²) in [5.41, 5.74) is 8.46. The predicted molar refractivity (Wildman–Crippen MR) is 122 cm³/mol. The third-order valence-electron chi connectivity index (χ3n) is 6.34. The zero-order valence-corrected chi connectivity index (χ0v) is 18.8. The molecule has 0 radical (unpaired) electrons. The lowest BCUT2D eigenvalue weighted by molar-refractivity contribution is 0.0767. The first-order valence-corrected chi connectivity index (χ1v) is 10.9. The Morgan fingerprint density at radius 2 is 2.06 bits per heavy atom. The van der Waals surface area contributed by atoms with Crippen molar-refractivity contribution in [1.82, 2.24) is 24.9 Å². The van der Waals surface area contributed by atoms with Crippen LogP contribution in [-0.2, 0) is 7.05 Å². The van der Waals surface area contributed by atoms with Gasteiger partial charge in [0.05, 0.1) is 23.8 Å². The van der Waals surface area contributed by atoms with Crippen LogP contribution in [0.5, 0.6) is 5.75 Å². The quantitative estimate of drug-likeness (QED) is 0.539. The zero-order valence-electron chi connectivity index (χ0n) is 18.8. The van der Waals surface area contributed by atoms with Crippen molar-refractivity contribution >= 4 is 17.4 Å². The summed E-state index contributed by atoms with van der Waals surface area (Å²) in [4.78, 5) is 16.8. The van der Waals surface area contributed by atoms with Crippen LogP contribution in [0.25, 0.3) is 11.3 Å². The molecule has 0 aliphatic carbocycles. The van der Waals surface area contributed by atoms with E-state index in [2.05, 4.69) is 26.3 Å². The van der Waals surface area contributed by atoms with Crippen LogP contribution in [0.15, 0.2) is 24.3 Å². The Labute approximate surface area is 195 Å². The number of likely N-dealkylation sites (N-methyl/N-ethyl adjacent to an activating group) is 1. The number of hydrogen-bond donors (Lipinski definition) is 1. The van der Waals surface area contributed by atoms with Gasteiger partial charge in [-0.25, -0.2) is 4.39 Å². The number of fused-ring (bicyclic) bond motifs is 8. The fourth-order valence-corrected chi connectivity index (χ4v) is 4.65. The minimum atomic E-state index is -0.383. The summed E-state index contributed by atoms with van der Waals surface area (Å²) in [5, 5.41) is 22.5. The van der Waals surface area contributed by atoms with Crippen molar-refractivity contribution in [2.75, 3.05) is 37.4 Å². The van der Waals surface area contributed by atoms with Crippen molar-refractivity contribution < 1.29 is 13.9 Å². The number of rotatable bonds is 0. The molecule has 1 amide bonds. The molecule has 0 saturated carbocycles. The zero-order chi connectivity index (χ0) is 24.0. The van der Waals surface area contributed by atoms with Crippen molar-refractivity contribution in [3.05, 3.63) is 47.0 Å². The molecule has 1 atom stereocenters. The highest BCUT2D eigenvalue weighted by molar-refractivity contribution is 6.00.